The molecule has 2 aliphatic rings. The van der Waals surface area contributed by atoms with Crippen LogP contribution in [0.15, 0.2) is 54.1 Å². The zero-order chi connectivity index (χ0) is 13.8. The zero-order valence-corrected chi connectivity index (χ0v) is 11.8. The van der Waals surface area contributed by atoms with Gasteiger partial charge in [0, 0.05) is 23.6 Å². The second-order valence-electron chi connectivity index (χ2n) is 5.51. The summed E-state index contributed by atoms with van der Waals surface area (Å²) in [6.07, 6.45) is 2.86. The van der Waals surface area contributed by atoms with Crippen molar-refractivity contribution in [2.45, 2.75) is 18.2 Å². The van der Waals surface area contributed by atoms with Crippen molar-refractivity contribution in [3.63, 3.8) is 0 Å². The molecule has 2 fully saturated rings. The standard InChI is InChI=1S/C15H17NO2S/c1-4-15-9-14(15)12(3)16(10-15)19(17,18)13-7-5-11(2)6-8-13/h4-8,14H,1,3,9-10H2,2H3. The quantitative estimate of drug-likeness (QED) is 0.795. The Bertz CT molecular complexity index is 660. The van der Waals surface area contributed by atoms with Crippen LogP contribution in [0.25, 0.3) is 0 Å². The van der Waals surface area contributed by atoms with Crippen molar-refractivity contribution in [3.05, 3.63) is 54.8 Å². The Morgan fingerprint density at radius 1 is 1.37 bits per heavy atom. The van der Waals surface area contributed by atoms with Crippen LogP contribution in [0.2, 0.25) is 0 Å². The van der Waals surface area contributed by atoms with Gasteiger partial charge in [-0.1, -0.05) is 30.4 Å². The van der Waals surface area contributed by atoms with Crippen molar-refractivity contribution in [2.75, 3.05) is 6.54 Å². The monoisotopic (exact) mass is 275 g/mol. The van der Waals surface area contributed by atoms with E-state index in [2.05, 4.69) is 13.2 Å². The Labute approximate surface area is 114 Å². The molecule has 1 aromatic carbocycles. The predicted octanol–water partition coefficient (Wildman–Crippen LogP) is 2.71. The molecule has 0 aromatic heterocycles. The molecule has 4 heteroatoms. The fraction of sp³-hybridized carbons (Fsp3) is 0.333. The van der Waals surface area contributed by atoms with Crippen LogP contribution in [0, 0.1) is 18.3 Å². The summed E-state index contributed by atoms with van der Waals surface area (Å²) in [5.74, 6) is 0.255. The number of hydrogen-bond donors (Lipinski definition) is 0. The van der Waals surface area contributed by atoms with E-state index in [4.69, 9.17) is 0 Å². The van der Waals surface area contributed by atoms with Gasteiger partial charge in [-0.05, 0) is 25.5 Å². The number of aryl methyl sites for hydroxylation is 1. The molecule has 1 saturated carbocycles. The largest absolute Gasteiger partial charge is 0.270 e. The van der Waals surface area contributed by atoms with E-state index in [-0.39, 0.29) is 11.3 Å². The molecule has 1 saturated heterocycles. The Kier molecular flexibility index (Phi) is 2.45. The summed E-state index contributed by atoms with van der Waals surface area (Å²) in [6, 6.07) is 6.94. The average Bonchev–Trinajstić information content (AvgIpc) is 3.04. The van der Waals surface area contributed by atoms with Gasteiger partial charge in [0.1, 0.15) is 0 Å². The number of fused-ring (bicyclic) bond motifs is 1. The topological polar surface area (TPSA) is 37.4 Å². The van der Waals surface area contributed by atoms with E-state index in [1.54, 1.807) is 12.1 Å². The third kappa shape index (κ3) is 1.66. The molecular weight excluding hydrogens is 258 g/mol. The molecule has 19 heavy (non-hydrogen) atoms. The minimum absolute atomic E-state index is 0.0607. The van der Waals surface area contributed by atoms with Crippen molar-refractivity contribution < 1.29 is 8.42 Å². The maximum atomic E-state index is 12.6. The third-order valence-electron chi connectivity index (χ3n) is 4.29. The molecule has 1 aromatic rings. The maximum absolute atomic E-state index is 12.6. The van der Waals surface area contributed by atoms with Crippen LogP contribution in [-0.4, -0.2) is 19.3 Å². The highest BCUT2D eigenvalue weighted by molar-refractivity contribution is 7.89. The summed E-state index contributed by atoms with van der Waals surface area (Å²) in [7, 11) is -3.47. The second kappa shape index (κ2) is 3.73. The van der Waals surface area contributed by atoms with E-state index < -0.39 is 10.0 Å². The minimum Gasteiger partial charge on any atom is -0.270 e. The first-order valence-electron chi connectivity index (χ1n) is 6.32. The fourth-order valence-corrected chi connectivity index (χ4v) is 4.44. The van der Waals surface area contributed by atoms with Crippen LogP contribution in [0.3, 0.4) is 0 Å². The minimum atomic E-state index is -3.47. The van der Waals surface area contributed by atoms with Crippen LogP contribution in [-0.2, 0) is 10.0 Å². The first kappa shape index (κ1) is 12.5. The lowest BCUT2D eigenvalue weighted by Crippen LogP contribution is -2.30. The van der Waals surface area contributed by atoms with E-state index in [0.717, 1.165) is 12.0 Å². The van der Waals surface area contributed by atoms with Crippen molar-refractivity contribution >= 4 is 10.0 Å². The molecule has 1 aliphatic carbocycles. The zero-order valence-electron chi connectivity index (χ0n) is 11.0. The summed E-state index contributed by atoms with van der Waals surface area (Å²) in [6.45, 7) is 10.2. The second-order valence-corrected chi connectivity index (χ2v) is 7.37. The molecule has 2 unspecified atom stereocenters. The average molecular weight is 275 g/mol. The smallest absolute Gasteiger partial charge is 0.264 e. The summed E-state index contributed by atoms with van der Waals surface area (Å²) < 4.78 is 26.7. The van der Waals surface area contributed by atoms with E-state index >= 15 is 0 Å². The number of piperidine rings is 1. The molecule has 0 bridgehead atoms. The normalized spacial score (nSPS) is 29.2. The molecule has 0 amide bonds. The van der Waals surface area contributed by atoms with E-state index in [0.29, 0.717) is 17.1 Å². The van der Waals surface area contributed by atoms with Gasteiger partial charge in [-0.25, -0.2) is 8.42 Å². The van der Waals surface area contributed by atoms with Crippen molar-refractivity contribution in [1.82, 2.24) is 4.31 Å². The highest BCUT2D eigenvalue weighted by atomic mass is 32.2. The van der Waals surface area contributed by atoms with E-state index in [9.17, 15) is 8.42 Å². The molecule has 3 nitrogen and oxygen atoms in total. The fourth-order valence-electron chi connectivity index (χ4n) is 2.86. The number of rotatable bonds is 3. The number of sulfonamides is 1. The molecule has 0 N–H and O–H groups in total. The molecule has 0 radical (unpaired) electrons. The van der Waals surface area contributed by atoms with E-state index in [1.165, 1.54) is 4.31 Å². The van der Waals surface area contributed by atoms with E-state index in [1.807, 2.05) is 25.1 Å². The first-order chi connectivity index (χ1) is 8.90. The number of hydrogen-bond acceptors (Lipinski definition) is 2. The van der Waals surface area contributed by atoms with Crippen molar-refractivity contribution in [3.8, 4) is 0 Å². The van der Waals surface area contributed by atoms with Gasteiger partial charge in [0.2, 0.25) is 0 Å². The van der Waals surface area contributed by atoms with Crippen LogP contribution in [0.5, 0.6) is 0 Å². The molecule has 2 atom stereocenters. The van der Waals surface area contributed by atoms with Crippen LogP contribution < -0.4 is 0 Å². The highest BCUT2D eigenvalue weighted by Gasteiger charge is 2.62. The van der Waals surface area contributed by atoms with Gasteiger partial charge in [-0.2, -0.15) is 0 Å². The molecular formula is C15H17NO2S. The van der Waals surface area contributed by atoms with Gasteiger partial charge in [0.25, 0.3) is 10.0 Å². The highest BCUT2D eigenvalue weighted by Crippen LogP contribution is 2.63. The number of nitrogens with zero attached hydrogens (tertiary/aromatic N) is 1. The molecule has 100 valence electrons. The lowest BCUT2D eigenvalue weighted by Gasteiger charge is -2.23. The molecule has 0 spiro atoms. The lowest BCUT2D eigenvalue weighted by atomic mass is 10.1. The Balaban J connectivity index is 1.96. The van der Waals surface area contributed by atoms with Gasteiger partial charge >= 0.3 is 0 Å². The summed E-state index contributed by atoms with van der Waals surface area (Å²) in [5.41, 5.74) is 1.69. The summed E-state index contributed by atoms with van der Waals surface area (Å²) in [5, 5.41) is 0. The van der Waals surface area contributed by atoms with Gasteiger partial charge < -0.3 is 0 Å². The number of benzene rings is 1. The number of allylic oxidation sites excluding steroid dienone is 1. The van der Waals surface area contributed by atoms with Gasteiger partial charge in [-0.15, -0.1) is 6.58 Å². The summed E-state index contributed by atoms with van der Waals surface area (Å²) in [4.78, 5) is 0.333. The summed E-state index contributed by atoms with van der Waals surface area (Å²) >= 11 is 0. The SMILES string of the molecule is C=CC12CC1C(=C)N(S(=O)(=O)c1ccc(C)cc1)C2. The molecule has 1 aliphatic heterocycles. The van der Waals surface area contributed by atoms with Crippen molar-refractivity contribution in [1.29, 1.82) is 0 Å². The Morgan fingerprint density at radius 2 is 2.00 bits per heavy atom. The lowest BCUT2D eigenvalue weighted by molar-refractivity contribution is 0.464. The Morgan fingerprint density at radius 3 is 2.53 bits per heavy atom. The molecule has 3 rings (SSSR count). The maximum Gasteiger partial charge on any atom is 0.264 e. The van der Waals surface area contributed by atoms with Gasteiger partial charge in [-0.3, -0.25) is 4.31 Å². The van der Waals surface area contributed by atoms with Crippen LogP contribution in [0.4, 0.5) is 0 Å². The van der Waals surface area contributed by atoms with Gasteiger partial charge in [0.15, 0.2) is 0 Å². The third-order valence-corrected chi connectivity index (χ3v) is 6.11. The van der Waals surface area contributed by atoms with Crippen LogP contribution in [0.1, 0.15) is 12.0 Å². The first-order valence-corrected chi connectivity index (χ1v) is 7.76. The molecule has 1 heterocycles. The van der Waals surface area contributed by atoms with Crippen LogP contribution >= 0.6 is 0 Å². The predicted molar refractivity (Wildman–Crippen MR) is 74.9 cm³/mol. The Hall–Kier alpha value is -1.55. The van der Waals surface area contributed by atoms with Gasteiger partial charge in [0.05, 0.1) is 4.90 Å². The van der Waals surface area contributed by atoms with Crippen molar-refractivity contribution in [2.24, 2.45) is 11.3 Å².